The van der Waals surface area contributed by atoms with Gasteiger partial charge in [-0.1, -0.05) is 43.3 Å². The molecule has 1 saturated heterocycles. The summed E-state index contributed by atoms with van der Waals surface area (Å²) in [4.78, 5) is 33.8. The summed E-state index contributed by atoms with van der Waals surface area (Å²) in [6.45, 7) is 2.44. The Morgan fingerprint density at radius 3 is 1.85 bits per heavy atom. The second kappa shape index (κ2) is 11.1. The van der Waals surface area contributed by atoms with Gasteiger partial charge in [0.15, 0.2) is 0 Å². The molecule has 2 aromatic rings. The van der Waals surface area contributed by atoms with Crippen LogP contribution in [0.1, 0.15) is 35.2 Å². The van der Waals surface area contributed by atoms with Crippen molar-refractivity contribution in [1.29, 1.82) is 0 Å². The summed E-state index contributed by atoms with van der Waals surface area (Å²) in [6.07, 6.45) is -5.66. The quantitative estimate of drug-likeness (QED) is 0.557. The van der Waals surface area contributed by atoms with E-state index in [2.05, 4.69) is 0 Å². The minimum atomic E-state index is -5.08. The van der Waals surface area contributed by atoms with E-state index in [-0.39, 0.29) is 23.9 Å². The first kappa shape index (κ1) is 26.8. The Morgan fingerprint density at radius 1 is 1.00 bits per heavy atom. The van der Waals surface area contributed by atoms with E-state index in [1.807, 2.05) is 31.2 Å². The molecule has 0 radical (unpaired) electrons. The number of nitrogens with zero attached hydrogens (tertiary/aromatic N) is 1. The number of likely N-dealkylation sites (tertiary alicyclic amines) is 1. The Morgan fingerprint density at radius 2 is 1.47 bits per heavy atom. The lowest BCUT2D eigenvalue weighted by Crippen LogP contribution is -2.45. The van der Waals surface area contributed by atoms with Crippen molar-refractivity contribution in [3.8, 4) is 11.1 Å². The molecule has 4 N–H and O–H groups in total. The van der Waals surface area contributed by atoms with Gasteiger partial charge in [-0.15, -0.1) is 0 Å². The largest absolute Gasteiger partial charge is 0.490 e. The molecular formula is C23H24F4N2O5. The van der Waals surface area contributed by atoms with Crippen molar-refractivity contribution >= 4 is 17.8 Å². The summed E-state index contributed by atoms with van der Waals surface area (Å²) < 4.78 is 45.1. The van der Waals surface area contributed by atoms with E-state index in [4.69, 9.17) is 20.7 Å². The van der Waals surface area contributed by atoms with Crippen LogP contribution in [0.4, 0.5) is 17.6 Å². The van der Waals surface area contributed by atoms with Crippen LogP contribution in [-0.2, 0) is 9.59 Å². The van der Waals surface area contributed by atoms with Gasteiger partial charge in [0.2, 0.25) is 5.91 Å². The van der Waals surface area contributed by atoms with Gasteiger partial charge >= 0.3 is 18.1 Å². The first-order chi connectivity index (χ1) is 15.8. The van der Waals surface area contributed by atoms with Gasteiger partial charge in [0.25, 0.3) is 0 Å². The lowest BCUT2D eigenvalue weighted by atomic mass is 9.91. The van der Waals surface area contributed by atoms with Gasteiger partial charge < -0.3 is 20.8 Å². The van der Waals surface area contributed by atoms with Crippen LogP contribution in [0.3, 0.4) is 0 Å². The highest BCUT2D eigenvalue weighted by atomic mass is 19.4. The van der Waals surface area contributed by atoms with Gasteiger partial charge in [-0.25, -0.2) is 14.0 Å². The van der Waals surface area contributed by atoms with E-state index in [9.17, 15) is 27.2 Å². The van der Waals surface area contributed by atoms with Gasteiger partial charge in [0, 0.05) is 12.5 Å². The Labute approximate surface area is 192 Å². The molecule has 0 spiro atoms. The minimum absolute atomic E-state index is 0.129. The highest BCUT2D eigenvalue weighted by molar-refractivity contribution is 5.88. The number of hydrogen-bond donors (Lipinski definition) is 3. The predicted molar refractivity (Wildman–Crippen MR) is 115 cm³/mol. The van der Waals surface area contributed by atoms with Crippen LogP contribution in [0.15, 0.2) is 48.5 Å². The summed E-state index contributed by atoms with van der Waals surface area (Å²) in [7, 11) is 0. The summed E-state index contributed by atoms with van der Waals surface area (Å²) in [5.41, 5.74) is 9.17. The van der Waals surface area contributed by atoms with Crippen LogP contribution >= 0.6 is 0 Å². The van der Waals surface area contributed by atoms with E-state index in [0.29, 0.717) is 13.0 Å². The molecule has 2 aromatic carbocycles. The topological polar surface area (TPSA) is 121 Å². The number of carbonyl (C=O) groups excluding carboxylic acids is 1. The highest BCUT2D eigenvalue weighted by Crippen LogP contribution is 2.26. The first-order valence-electron chi connectivity index (χ1n) is 10.2. The van der Waals surface area contributed by atoms with Crippen molar-refractivity contribution in [1.82, 2.24) is 4.90 Å². The number of carboxylic acids is 2. The molecule has 0 aliphatic carbocycles. The summed E-state index contributed by atoms with van der Waals surface area (Å²) in [5, 5.41) is 16.1. The molecule has 1 amide bonds. The third-order valence-corrected chi connectivity index (χ3v) is 5.41. The maximum absolute atomic E-state index is 13.3. The number of carbonyl (C=O) groups is 3. The van der Waals surface area contributed by atoms with Gasteiger partial charge in [0.1, 0.15) is 6.17 Å². The third kappa shape index (κ3) is 7.01. The number of rotatable bonds is 5. The monoisotopic (exact) mass is 484 g/mol. The fourth-order valence-electron chi connectivity index (χ4n) is 3.33. The highest BCUT2D eigenvalue weighted by Gasteiger charge is 2.38. The molecule has 3 atom stereocenters. The number of halogens is 4. The zero-order valence-electron chi connectivity index (χ0n) is 18.1. The average Bonchev–Trinajstić information content (AvgIpc) is 3.23. The molecule has 0 unspecified atom stereocenters. The molecule has 34 heavy (non-hydrogen) atoms. The second-order valence-corrected chi connectivity index (χ2v) is 7.79. The minimum Gasteiger partial charge on any atom is -0.478 e. The van der Waals surface area contributed by atoms with Gasteiger partial charge in [-0.05, 0) is 35.2 Å². The second-order valence-electron chi connectivity index (χ2n) is 7.79. The van der Waals surface area contributed by atoms with Crippen LogP contribution in [0.2, 0.25) is 0 Å². The van der Waals surface area contributed by atoms with Crippen LogP contribution in [0, 0.1) is 0 Å². The standard InChI is InChI=1S/C21H23FN2O3.C2HF3O2/c1-13(19(23)20(25)24-11-10-18(22)12-24)14-2-4-15(5-3-14)16-6-8-17(9-7-16)21(26)27;3-2(4,5)1(6)7/h2-9,13,18-19H,10-12,23H2,1H3,(H,26,27);(H,6,7)/t13-,18-,19-;/m0./s1. The van der Waals surface area contributed by atoms with Crippen molar-refractivity contribution in [2.75, 3.05) is 13.1 Å². The van der Waals surface area contributed by atoms with Crippen molar-refractivity contribution in [2.24, 2.45) is 5.73 Å². The molecule has 0 saturated carbocycles. The molecule has 3 rings (SSSR count). The summed E-state index contributed by atoms with van der Waals surface area (Å²) in [5.74, 6) is -4.12. The number of amides is 1. The fourth-order valence-corrected chi connectivity index (χ4v) is 3.33. The molecule has 1 fully saturated rings. The smallest absolute Gasteiger partial charge is 0.478 e. The molecule has 0 aromatic heterocycles. The lowest BCUT2D eigenvalue weighted by Gasteiger charge is -2.25. The van der Waals surface area contributed by atoms with Crippen LogP contribution in [0.5, 0.6) is 0 Å². The predicted octanol–water partition coefficient (Wildman–Crippen LogP) is 3.69. The Hall–Kier alpha value is -3.47. The van der Waals surface area contributed by atoms with Crippen molar-refractivity contribution < 1.29 is 42.2 Å². The number of aromatic carboxylic acids is 1. The van der Waals surface area contributed by atoms with Crippen LogP contribution in [-0.4, -0.2) is 64.4 Å². The van der Waals surface area contributed by atoms with Gasteiger partial charge in [-0.3, -0.25) is 4.79 Å². The first-order valence-corrected chi connectivity index (χ1v) is 10.2. The molecule has 0 bridgehead atoms. The number of alkyl halides is 4. The number of hydrogen-bond acceptors (Lipinski definition) is 4. The SMILES string of the molecule is C[C@@H](c1ccc(-c2ccc(C(=O)O)cc2)cc1)[C@H](N)C(=O)N1CC[C@H](F)C1.O=C(O)C(F)(F)F. The van der Waals surface area contributed by atoms with E-state index < -0.39 is 30.3 Å². The molecule has 11 heteroatoms. The Bertz CT molecular complexity index is 1010. The molecule has 184 valence electrons. The fraction of sp³-hybridized carbons (Fsp3) is 0.348. The van der Waals surface area contributed by atoms with Gasteiger partial charge in [-0.2, -0.15) is 13.2 Å². The van der Waals surface area contributed by atoms with E-state index in [0.717, 1.165) is 16.7 Å². The zero-order valence-corrected chi connectivity index (χ0v) is 18.1. The Balaban J connectivity index is 0.000000509. The average molecular weight is 484 g/mol. The van der Waals surface area contributed by atoms with Gasteiger partial charge in [0.05, 0.1) is 18.2 Å². The number of carboxylic acid groups (broad SMARTS) is 2. The van der Waals surface area contributed by atoms with Crippen molar-refractivity contribution in [3.63, 3.8) is 0 Å². The molecule has 7 nitrogen and oxygen atoms in total. The van der Waals surface area contributed by atoms with Crippen LogP contribution < -0.4 is 5.73 Å². The van der Waals surface area contributed by atoms with E-state index >= 15 is 0 Å². The number of aliphatic carboxylic acids is 1. The van der Waals surface area contributed by atoms with Crippen molar-refractivity contribution in [3.05, 3.63) is 59.7 Å². The van der Waals surface area contributed by atoms with Crippen LogP contribution in [0.25, 0.3) is 11.1 Å². The molecule has 1 aliphatic heterocycles. The summed E-state index contributed by atoms with van der Waals surface area (Å²) in [6, 6.07) is 13.6. The Kier molecular flexibility index (Phi) is 8.74. The molecule has 1 heterocycles. The summed E-state index contributed by atoms with van der Waals surface area (Å²) >= 11 is 0. The molecular weight excluding hydrogens is 460 g/mol. The normalized spacial score (nSPS) is 17.4. The maximum Gasteiger partial charge on any atom is 0.490 e. The van der Waals surface area contributed by atoms with E-state index in [1.54, 1.807) is 24.3 Å². The lowest BCUT2D eigenvalue weighted by molar-refractivity contribution is -0.192. The molecule has 1 aliphatic rings. The number of benzene rings is 2. The zero-order chi connectivity index (χ0) is 25.6. The number of nitrogens with two attached hydrogens (primary N) is 1. The third-order valence-electron chi connectivity index (χ3n) is 5.41. The van der Waals surface area contributed by atoms with Crippen molar-refractivity contribution in [2.45, 2.75) is 37.7 Å². The maximum atomic E-state index is 13.3. The van der Waals surface area contributed by atoms with E-state index in [1.165, 1.54) is 4.90 Å².